The Labute approximate surface area is 184 Å². The SMILES string of the molecule is Cc1cncc(C[C@@H](C)[C@H]2CC[C@H]3[C@@H]4CC[C@@H]5C[C@](C)(O)CC[C@@H]5[C@H]4CC[C@]23C)c1. The van der Waals surface area contributed by atoms with Crippen molar-refractivity contribution in [2.24, 2.45) is 46.8 Å². The van der Waals surface area contributed by atoms with Crippen LogP contribution in [0.4, 0.5) is 0 Å². The number of nitrogens with zero attached hydrogens (tertiary/aromatic N) is 1. The summed E-state index contributed by atoms with van der Waals surface area (Å²) in [5.41, 5.74) is 2.87. The van der Waals surface area contributed by atoms with Crippen molar-refractivity contribution in [1.29, 1.82) is 0 Å². The van der Waals surface area contributed by atoms with Gasteiger partial charge in [-0.05, 0) is 136 Å². The van der Waals surface area contributed by atoms with Gasteiger partial charge in [0.25, 0.3) is 0 Å². The van der Waals surface area contributed by atoms with Gasteiger partial charge in [0.15, 0.2) is 0 Å². The normalized spacial score (nSPS) is 46.6. The summed E-state index contributed by atoms with van der Waals surface area (Å²) in [6.07, 6.45) is 17.2. The van der Waals surface area contributed by atoms with Gasteiger partial charge in [0.05, 0.1) is 5.60 Å². The van der Waals surface area contributed by atoms with Crippen molar-refractivity contribution in [3.8, 4) is 0 Å². The summed E-state index contributed by atoms with van der Waals surface area (Å²) in [4.78, 5) is 4.45. The molecule has 9 atom stereocenters. The first-order chi connectivity index (χ1) is 14.3. The molecule has 4 fully saturated rings. The van der Waals surface area contributed by atoms with Crippen LogP contribution in [0.15, 0.2) is 18.5 Å². The van der Waals surface area contributed by atoms with Gasteiger partial charge in [-0.1, -0.05) is 19.9 Å². The third-order valence-corrected chi connectivity index (χ3v) is 10.5. The van der Waals surface area contributed by atoms with Crippen LogP contribution in [0.5, 0.6) is 0 Å². The largest absolute Gasteiger partial charge is 0.390 e. The van der Waals surface area contributed by atoms with E-state index in [1.165, 1.54) is 62.5 Å². The van der Waals surface area contributed by atoms with Crippen LogP contribution < -0.4 is 0 Å². The predicted octanol–water partition coefficient (Wildman–Crippen LogP) is 6.59. The zero-order chi connectivity index (χ0) is 21.1. The van der Waals surface area contributed by atoms with Gasteiger partial charge in [-0.25, -0.2) is 0 Å². The summed E-state index contributed by atoms with van der Waals surface area (Å²) in [7, 11) is 0. The molecule has 0 aromatic carbocycles. The Morgan fingerprint density at radius 2 is 1.80 bits per heavy atom. The molecule has 4 aliphatic rings. The second-order valence-corrected chi connectivity index (χ2v) is 12.5. The van der Waals surface area contributed by atoms with Crippen LogP contribution in [0.3, 0.4) is 0 Å². The molecule has 4 saturated carbocycles. The van der Waals surface area contributed by atoms with Gasteiger partial charge < -0.3 is 5.11 Å². The molecule has 0 spiro atoms. The van der Waals surface area contributed by atoms with Crippen LogP contribution in [0.2, 0.25) is 0 Å². The predicted molar refractivity (Wildman–Crippen MR) is 123 cm³/mol. The van der Waals surface area contributed by atoms with E-state index in [1.54, 1.807) is 0 Å². The average Bonchev–Trinajstić information content (AvgIpc) is 3.04. The van der Waals surface area contributed by atoms with Gasteiger partial charge in [-0.3, -0.25) is 4.98 Å². The average molecular weight is 410 g/mol. The van der Waals surface area contributed by atoms with Gasteiger partial charge in [0, 0.05) is 12.4 Å². The Morgan fingerprint density at radius 1 is 1.00 bits per heavy atom. The minimum Gasteiger partial charge on any atom is -0.390 e. The maximum Gasteiger partial charge on any atom is 0.0622 e. The number of hydrogen-bond acceptors (Lipinski definition) is 2. The minimum absolute atomic E-state index is 0.393. The van der Waals surface area contributed by atoms with Crippen LogP contribution in [0, 0.1) is 53.8 Å². The van der Waals surface area contributed by atoms with Crippen molar-refractivity contribution < 1.29 is 5.11 Å². The van der Waals surface area contributed by atoms with Gasteiger partial charge in [0.1, 0.15) is 0 Å². The van der Waals surface area contributed by atoms with Crippen molar-refractivity contribution >= 4 is 0 Å². The van der Waals surface area contributed by atoms with Crippen LogP contribution in [0.25, 0.3) is 0 Å². The topological polar surface area (TPSA) is 33.1 Å². The van der Waals surface area contributed by atoms with E-state index in [2.05, 4.69) is 44.9 Å². The molecule has 0 saturated heterocycles. The highest BCUT2D eigenvalue weighted by Crippen LogP contribution is 2.65. The maximum atomic E-state index is 10.6. The van der Waals surface area contributed by atoms with E-state index in [0.717, 1.165) is 54.3 Å². The summed E-state index contributed by atoms with van der Waals surface area (Å²) in [6.45, 7) is 9.44. The van der Waals surface area contributed by atoms with Crippen molar-refractivity contribution in [2.75, 3.05) is 0 Å². The van der Waals surface area contributed by atoms with E-state index in [-0.39, 0.29) is 0 Å². The zero-order valence-corrected chi connectivity index (χ0v) is 19.7. The van der Waals surface area contributed by atoms with E-state index in [1.807, 2.05) is 6.20 Å². The van der Waals surface area contributed by atoms with E-state index >= 15 is 0 Å². The summed E-state index contributed by atoms with van der Waals surface area (Å²) in [5, 5.41) is 10.6. The number of pyridine rings is 1. The lowest BCUT2D eigenvalue weighted by atomic mass is 9.48. The molecule has 1 heterocycles. The van der Waals surface area contributed by atoms with Crippen molar-refractivity contribution in [2.45, 2.75) is 97.5 Å². The summed E-state index contributed by atoms with van der Waals surface area (Å²) in [6, 6.07) is 2.34. The standard InChI is InChI=1S/C28H43NO/c1-18-13-20(17-29-16-18)14-19(2)25-7-8-26-24-6-5-21-15-27(3,30)11-9-22(21)23(24)10-12-28(25,26)4/h13,16-17,19,21-26,30H,5-12,14-15H2,1-4H3/t19-,21-,22+,23-,24-,25-,26+,27-,28-/m1/s1. The van der Waals surface area contributed by atoms with E-state index in [4.69, 9.17) is 0 Å². The zero-order valence-electron chi connectivity index (χ0n) is 19.7. The number of aliphatic hydroxyl groups is 1. The lowest BCUT2D eigenvalue weighted by Crippen LogP contribution is -2.50. The molecule has 4 aliphatic carbocycles. The minimum atomic E-state index is -0.393. The molecule has 0 radical (unpaired) electrons. The molecule has 166 valence electrons. The highest BCUT2D eigenvalue weighted by molar-refractivity contribution is 5.18. The maximum absolute atomic E-state index is 10.6. The first-order valence-corrected chi connectivity index (χ1v) is 12.9. The first-order valence-electron chi connectivity index (χ1n) is 12.9. The number of aromatic nitrogens is 1. The molecular formula is C28H43NO. The highest BCUT2D eigenvalue weighted by atomic mass is 16.3. The lowest BCUT2D eigenvalue weighted by Gasteiger charge is -2.57. The molecule has 0 aliphatic heterocycles. The van der Waals surface area contributed by atoms with Gasteiger partial charge in [-0.15, -0.1) is 0 Å². The van der Waals surface area contributed by atoms with Crippen LogP contribution in [-0.4, -0.2) is 15.7 Å². The number of hydrogen-bond donors (Lipinski definition) is 1. The highest BCUT2D eigenvalue weighted by Gasteiger charge is 2.58. The molecule has 2 heteroatoms. The number of aryl methyl sites for hydroxylation is 1. The Balaban J connectivity index is 1.30. The Bertz CT molecular complexity index is 772. The summed E-state index contributed by atoms with van der Waals surface area (Å²) < 4.78 is 0. The van der Waals surface area contributed by atoms with Crippen molar-refractivity contribution in [3.63, 3.8) is 0 Å². The molecule has 2 nitrogen and oxygen atoms in total. The third kappa shape index (κ3) is 3.55. The molecule has 1 aromatic rings. The van der Waals surface area contributed by atoms with E-state index in [9.17, 15) is 5.11 Å². The van der Waals surface area contributed by atoms with Crippen molar-refractivity contribution in [3.05, 3.63) is 29.6 Å². The summed E-state index contributed by atoms with van der Waals surface area (Å²) in [5.74, 6) is 6.18. The van der Waals surface area contributed by atoms with E-state index < -0.39 is 5.60 Å². The quantitative estimate of drug-likeness (QED) is 0.611. The Kier molecular flexibility index (Phi) is 5.32. The van der Waals surface area contributed by atoms with Crippen LogP contribution >= 0.6 is 0 Å². The lowest BCUT2D eigenvalue weighted by molar-refractivity contribution is -0.102. The van der Waals surface area contributed by atoms with Crippen LogP contribution in [-0.2, 0) is 6.42 Å². The van der Waals surface area contributed by atoms with Crippen LogP contribution in [0.1, 0.15) is 89.7 Å². The van der Waals surface area contributed by atoms with Gasteiger partial charge >= 0.3 is 0 Å². The monoisotopic (exact) mass is 409 g/mol. The number of rotatable bonds is 3. The second kappa shape index (κ2) is 7.61. The number of fused-ring (bicyclic) bond motifs is 5. The molecule has 0 bridgehead atoms. The van der Waals surface area contributed by atoms with E-state index in [0.29, 0.717) is 5.41 Å². The van der Waals surface area contributed by atoms with Gasteiger partial charge in [0.2, 0.25) is 0 Å². The molecule has 5 rings (SSSR count). The first kappa shape index (κ1) is 21.0. The fourth-order valence-electron chi connectivity index (χ4n) is 9.30. The Hall–Kier alpha value is -0.890. The molecule has 0 amide bonds. The smallest absolute Gasteiger partial charge is 0.0622 e. The molecule has 0 unspecified atom stereocenters. The molecule has 30 heavy (non-hydrogen) atoms. The van der Waals surface area contributed by atoms with Gasteiger partial charge in [-0.2, -0.15) is 0 Å². The Morgan fingerprint density at radius 3 is 2.60 bits per heavy atom. The van der Waals surface area contributed by atoms with Crippen molar-refractivity contribution in [1.82, 2.24) is 4.98 Å². The fourth-order valence-corrected chi connectivity index (χ4v) is 9.30. The fraction of sp³-hybridized carbons (Fsp3) is 0.821. The molecule has 1 aromatic heterocycles. The second-order valence-electron chi connectivity index (χ2n) is 12.5. The third-order valence-electron chi connectivity index (χ3n) is 10.5. The molecular weight excluding hydrogens is 366 g/mol. The summed E-state index contributed by atoms with van der Waals surface area (Å²) >= 11 is 0. The molecule has 1 N–H and O–H groups in total.